The van der Waals surface area contributed by atoms with Crippen LogP contribution in [-0.2, 0) is 9.53 Å². The van der Waals surface area contributed by atoms with Crippen LogP contribution in [0.4, 0.5) is 0 Å². The van der Waals surface area contributed by atoms with Crippen LogP contribution in [0.5, 0.6) is 17.2 Å². The highest BCUT2D eigenvalue weighted by atomic mass is 16.5. The first kappa shape index (κ1) is 25.1. The maximum Gasteiger partial charge on any atom is 0.362 e. The fourth-order valence-electron chi connectivity index (χ4n) is 3.88. The summed E-state index contributed by atoms with van der Waals surface area (Å²) >= 11 is 0. The van der Waals surface area contributed by atoms with Crippen molar-refractivity contribution in [2.75, 3.05) is 26.4 Å². The van der Waals surface area contributed by atoms with E-state index < -0.39 is 5.97 Å². The molecular formula is C27H31N3O6. The van der Waals surface area contributed by atoms with Crippen LogP contribution in [0, 0.1) is 5.92 Å². The lowest BCUT2D eigenvalue weighted by Gasteiger charge is -2.24. The summed E-state index contributed by atoms with van der Waals surface area (Å²) in [6.07, 6.45) is 2.39. The van der Waals surface area contributed by atoms with E-state index in [4.69, 9.17) is 18.9 Å². The third-order valence-electron chi connectivity index (χ3n) is 5.64. The lowest BCUT2D eigenvalue weighted by Crippen LogP contribution is -2.35. The van der Waals surface area contributed by atoms with Gasteiger partial charge in [0.1, 0.15) is 0 Å². The van der Waals surface area contributed by atoms with E-state index in [0.29, 0.717) is 24.7 Å². The van der Waals surface area contributed by atoms with Gasteiger partial charge in [-0.1, -0.05) is 38.1 Å². The summed E-state index contributed by atoms with van der Waals surface area (Å²) in [6, 6.07) is 14.8. The Kier molecular flexibility index (Phi) is 8.10. The largest absolute Gasteiger partial charge is 0.490 e. The molecule has 0 radical (unpaired) electrons. The summed E-state index contributed by atoms with van der Waals surface area (Å²) in [4.78, 5) is 25.3. The van der Waals surface area contributed by atoms with Gasteiger partial charge in [0.15, 0.2) is 23.9 Å². The topological polar surface area (TPSA) is 101 Å². The third kappa shape index (κ3) is 5.97. The molecule has 1 N–H and O–H groups in total. The molecule has 0 bridgehead atoms. The third-order valence-corrected chi connectivity index (χ3v) is 5.64. The smallest absolute Gasteiger partial charge is 0.362 e. The second-order valence-electron chi connectivity index (χ2n) is 8.68. The van der Waals surface area contributed by atoms with Crippen molar-refractivity contribution < 1.29 is 28.5 Å². The fraction of sp³-hybridized carbons (Fsp3) is 0.370. The Bertz CT molecular complexity index is 1190. The molecule has 36 heavy (non-hydrogen) atoms. The van der Waals surface area contributed by atoms with Crippen molar-refractivity contribution in [3.8, 4) is 22.9 Å². The van der Waals surface area contributed by atoms with Gasteiger partial charge in [-0.25, -0.2) is 9.48 Å². The molecule has 190 valence electrons. The van der Waals surface area contributed by atoms with Crippen molar-refractivity contribution in [3.05, 3.63) is 66.0 Å². The molecule has 0 fully saturated rings. The molecule has 3 aromatic rings. The Morgan fingerprint density at radius 1 is 1.08 bits per heavy atom. The number of carbonyl (C=O) groups excluding carboxylic acids is 2. The van der Waals surface area contributed by atoms with E-state index in [1.54, 1.807) is 13.1 Å². The molecule has 0 saturated carbocycles. The van der Waals surface area contributed by atoms with Crippen LogP contribution in [0.2, 0.25) is 0 Å². The van der Waals surface area contributed by atoms with Crippen molar-refractivity contribution in [2.24, 2.45) is 5.92 Å². The predicted octanol–water partition coefficient (Wildman–Crippen LogP) is 4.10. The molecular weight excluding hydrogens is 462 g/mol. The Labute approximate surface area is 210 Å². The van der Waals surface area contributed by atoms with Crippen LogP contribution < -0.4 is 19.5 Å². The first-order valence-corrected chi connectivity index (χ1v) is 12.1. The number of ether oxygens (including phenoxy) is 4. The van der Waals surface area contributed by atoms with Crippen molar-refractivity contribution in [1.29, 1.82) is 0 Å². The quantitative estimate of drug-likeness (QED) is 0.448. The zero-order chi connectivity index (χ0) is 25.5. The van der Waals surface area contributed by atoms with Gasteiger partial charge in [0.25, 0.3) is 5.91 Å². The van der Waals surface area contributed by atoms with E-state index in [1.165, 1.54) is 4.68 Å². The maximum absolute atomic E-state index is 12.9. The zero-order valence-corrected chi connectivity index (χ0v) is 20.7. The summed E-state index contributed by atoms with van der Waals surface area (Å²) in [5.41, 5.74) is 1.67. The second kappa shape index (κ2) is 11.6. The lowest BCUT2D eigenvalue weighted by molar-refractivity contribution is -0.124. The van der Waals surface area contributed by atoms with Crippen LogP contribution >= 0.6 is 0 Å². The number of aromatic nitrogens is 2. The molecule has 0 spiro atoms. The highest BCUT2D eigenvalue weighted by Crippen LogP contribution is 2.34. The maximum atomic E-state index is 12.9. The van der Waals surface area contributed by atoms with Gasteiger partial charge in [0.05, 0.1) is 37.7 Å². The molecule has 1 aliphatic heterocycles. The van der Waals surface area contributed by atoms with E-state index in [-0.39, 0.29) is 42.5 Å². The number of nitrogens with zero attached hydrogens (tertiary/aromatic N) is 2. The van der Waals surface area contributed by atoms with Crippen molar-refractivity contribution in [2.45, 2.75) is 33.2 Å². The van der Waals surface area contributed by atoms with Gasteiger partial charge in [-0.05, 0) is 42.7 Å². The summed E-state index contributed by atoms with van der Waals surface area (Å²) < 4.78 is 23.9. The summed E-state index contributed by atoms with van der Waals surface area (Å²) in [6.45, 7) is 6.87. The molecule has 1 atom stereocenters. The van der Waals surface area contributed by atoms with Crippen LogP contribution in [0.3, 0.4) is 0 Å². The first-order valence-electron chi connectivity index (χ1n) is 12.1. The van der Waals surface area contributed by atoms with Gasteiger partial charge in [-0.15, -0.1) is 0 Å². The van der Waals surface area contributed by atoms with Crippen LogP contribution in [0.15, 0.2) is 54.7 Å². The number of para-hydroxylation sites is 1. The van der Waals surface area contributed by atoms with Gasteiger partial charge in [0, 0.05) is 6.42 Å². The molecule has 1 aromatic heterocycles. The fourth-order valence-corrected chi connectivity index (χ4v) is 3.88. The number of fused-ring (bicyclic) bond motifs is 1. The van der Waals surface area contributed by atoms with Crippen LogP contribution in [0.1, 0.15) is 49.3 Å². The molecule has 1 aliphatic rings. The summed E-state index contributed by atoms with van der Waals surface area (Å²) in [5.74, 6) is 0.709. The molecule has 9 heteroatoms. The molecule has 0 saturated heterocycles. The summed E-state index contributed by atoms with van der Waals surface area (Å²) in [7, 11) is 0. The average molecular weight is 494 g/mol. The van der Waals surface area contributed by atoms with E-state index in [2.05, 4.69) is 10.4 Å². The van der Waals surface area contributed by atoms with Gasteiger partial charge in [-0.3, -0.25) is 4.79 Å². The summed E-state index contributed by atoms with van der Waals surface area (Å²) in [5, 5.41) is 7.36. The van der Waals surface area contributed by atoms with Gasteiger partial charge < -0.3 is 24.3 Å². The number of hydrogen-bond donors (Lipinski definition) is 1. The van der Waals surface area contributed by atoms with E-state index >= 15 is 0 Å². The lowest BCUT2D eigenvalue weighted by atomic mass is 9.95. The van der Waals surface area contributed by atoms with E-state index in [0.717, 1.165) is 17.7 Å². The van der Waals surface area contributed by atoms with Crippen LogP contribution in [-0.4, -0.2) is 48.1 Å². The van der Waals surface area contributed by atoms with Crippen molar-refractivity contribution >= 4 is 11.9 Å². The number of esters is 1. The van der Waals surface area contributed by atoms with Crippen LogP contribution in [0.25, 0.3) is 5.69 Å². The Morgan fingerprint density at radius 3 is 2.56 bits per heavy atom. The number of hydrogen-bond acceptors (Lipinski definition) is 7. The molecule has 4 rings (SSSR count). The Hall–Kier alpha value is -4.01. The minimum absolute atomic E-state index is 0.0109. The van der Waals surface area contributed by atoms with E-state index in [9.17, 15) is 9.59 Å². The molecule has 0 aliphatic carbocycles. The first-order chi connectivity index (χ1) is 17.5. The Balaban J connectivity index is 1.48. The van der Waals surface area contributed by atoms with Gasteiger partial charge >= 0.3 is 5.97 Å². The second-order valence-corrected chi connectivity index (χ2v) is 8.68. The van der Waals surface area contributed by atoms with Gasteiger partial charge in [-0.2, -0.15) is 5.10 Å². The number of carbonyl (C=O) groups is 2. The minimum Gasteiger partial charge on any atom is -0.490 e. The van der Waals surface area contributed by atoms with Crippen molar-refractivity contribution in [1.82, 2.24) is 15.1 Å². The number of nitrogens with one attached hydrogen (secondary N) is 1. The average Bonchev–Trinajstić information content (AvgIpc) is 3.17. The molecule has 1 unspecified atom stereocenters. The normalized spacial score (nSPS) is 13.6. The predicted molar refractivity (Wildman–Crippen MR) is 133 cm³/mol. The number of amides is 1. The van der Waals surface area contributed by atoms with Gasteiger partial charge in [0.2, 0.25) is 5.69 Å². The van der Waals surface area contributed by atoms with Crippen molar-refractivity contribution in [3.63, 3.8) is 0 Å². The number of rotatable bonds is 9. The molecule has 1 amide bonds. The monoisotopic (exact) mass is 493 g/mol. The molecule has 2 heterocycles. The molecule has 2 aromatic carbocycles. The number of benzene rings is 2. The minimum atomic E-state index is -0.616. The highest BCUT2D eigenvalue weighted by molar-refractivity contribution is 5.90. The molecule has 9 nitrogen and oxygen atoms in total. The SMILES string of the molecule is CCOC(=O)c1nn(-c2ccccc2)cc1OCC(=O)NC(c1ccc2c(c1)OCCCO2)C(C)C. The standard InChI is InChI=1S/C27H31N3O6/c1-4-33-27(32)26-23(16-30(29-26)20-9-6-5-7-10-20)36-17-24(31)28-25(18(2)3)19-11-12-21-22(15-19)35-14-8-13-34-21/h5-7,9-12,15-16,18,25H,4,8,13-14,17H2,1-3H3,(H,28,31). The highest BCUT2D eigenvalue weighted by Gasteiger charge is 2.24. The zero-order valence-electron chi connectivity index (χ0n) is 20.7. The Morgan fingerprint density at radius 2 is 1.83 bits per heavy atom. The van der Waals surface area contributed by atoms with E-state index in [1.807, 2.05) is 62.4 Å².